The lowest BCUT2D eigenvalue weighted by Crippen LogP contribution is -2.56. The van der Waals surface area contributed by atoms with Crippen molar-refractivity contribution in [1.82, 2.24) is 40.8 Å². The van der Waals surface area contributed by atoms with Gasteiger partial charge in [-0.1, -0.05) is 30.3 Å². The van der Waals surface area contributed by atoms with Crippen LogP contribution in [-0.4, -0.2) is 149 Å². The van der Waals surface area contributed by atoms with E-state index in [1.165, 1.54) is 9.96 Å². The largest absolute Gasteiger partial charge is 0.379 e. The van der Waals surface area contributed by atoms with Crippen molar-refractivity contribution in [2.75, 3.05) is 65.7 Å². The molecule has 6 heterocycles. The number of nitrogens with zero attached hydrogens (tertiary/aromatic N) is 6. The summed E-state index contributed by atoms with van der Waals surface area (Å²) in [4.78, 5) is 58.2. The maximum Gasteiger partial charge on any atom is 0.345 e. The zero-order chi connectivity index (χ0) is 31.3. The van der Waals surface area contributed by atoms with E-state index in [1.807, 2.05) is 40.3 Å². The second kappa shape index (κ2) is 14.3. The molecule has 0 unspecified atom stereocenters. The lowest BCUT2D eigenvalue weighted by molar-refractivity contribution is -0.140. The zero-order valence-electron chi connectivity index (χ0n) is 25.3. The molecule has 4 bridgehead atoms. The minimum atomic E-state index is -0.483. The molecule has 0 aromatic heterocycles. The Balaban J connectivity index is 0.000000167. The molecule has 1 aromatic rings. The fourth-order valence-corrected chi connectivity index (χ4v) is 6.52. The Morgan fingerprint density at radius 3 is 1.84 bits per heavy atom. The van der Waals surface area contributed by atoms with Crippen LogP contribution >= 0.6 is 0 Å². The lowest BCUT2D eigenvalue weighted by Gasteiger charge is -2.33. The number of fused-ring (bicyclic) bond motifs is 4. The van der Waals surface area contributed by atoms with Gasteiger partial charge in [-0.15, -0.1) is 0 Å². The number of hydrazine groups is 2. The van der Waals surface area contributed by atoms with E-state index in [-0.39, 0.29) is 29.9 Å². The highest BCUT2D eigenvalue weighted by Gasteiger charge is 2.49. The highest BCUT2D eigenvalue weighted by Crippen LogP contribution is 2.31. The Morgan fingerprint density at radius 1 is 0.756 bits per heavy atom. The molecule has 16 heteroatoms. The number of hydrogen-bond acceptors (Lipinski definition) is 10. The lowest BCUT2D eigenvalue weighted by atomic mass is 10.0. The fraction of sp³-hybridized carbons (Fsp3) is 0.655. The Hall–Kier alpha value is -3.54. The van der Waals surface area contributed by atoms with Crippen molar-refractivity contribution in [3.63, 3.8) is 0 Å². The highest BCUT2D eigenvalue weighted by molar-refractivity contribution is 5.89. The maximum atomic E-state index is 12.7. The van der Waals surface area contributed by atoms with E-state index in [0.29, 0.717) is 91.6 Å². The van der Waals surface area contributed by atoms with Crippen molar-refractivity contribution in [3.8, 4) is 0 Å². The van der Waals surface area contributed by atoms with Gasteiger partial charge in [0.05, 0.1) is 38.5 Å². The Kier molecular flexibility index (Phi) is 9.97. The van der Waals surface area contributed by atoms with E-state index >= 15 is 0 Å². The number of morpholine rings is 2. The molecule has 246 valence electrons. The molecule has 0 aliphatic carbocycles. The molecule has 6 amide bonds. The molecule has 45 heavy (non-hydrogen) atoms. The van der Waals surface area contributed by atoms with E-state index in [1.54, 1.807) is 4.90 Å². The molecule has 6 aliphatic heterocycles. The summed E-state index contributed by atoms with van der Waals surface area (Å²) in [5.41, 5.74) is 6.77. The number of urea groups is 2. The number of carbonyl (C=O) groups is 4. The summed E-state index contributed by atoms with van der Waals surface area (Å²) in [6.07, 6.45) is 2.65. The summed E-state index contributed by atoms with van der Waals surface area (Å²) in [5, 5.41) is 15.5. The van der Waals surface area contributed by atoms with Gasteiger partial charge in [0.2, 0.25) is 0 Å². The number of hydrogen-bond donors (Lipinski definition) is 3. The van der Waals surface area contributed by atoms with Gasteiger partial charge in [0.25, 0.3) is 11.8 Å². The van der Waals surface area contributed by atoms with Gasteiger partial charge in [0.1, 0.15) is 18.7 Å². The van der Waals surface area contributed by atoms with Crippen LogP contribution in [0.25, 0.3) is 0 Å². The molecule has 0 radical (unpaired) electrons. The minimum absolute atomic E-state index is 0.0126. The first kappa shape index (κ1) is 31.4. The van der Waals surface area contributed by atoms with Gasteiger partial charge in [-0.25, -0.2) is 24.7 Å². The standard InChI is InChI=1S/C18H24N4O4.C11H18N4O4/c23-17(19-20-8-10-25-11-9-20)16-7-6-15-12-21(16)18(24)22(15)26-13-14-4-2-1-3-5-14;16-10(12-13-3-5-19-6-4-13)9-2-1-8-7-14(9)11(17)15(8)18/h1-5,15-16H,6-13H2,(H,19,23);8-9,18H,1-7H2,(H,12,16)/t15-,16+;8-,9+/m11/s1. The van der Waals surface area contributed by atoms with Crippen molar-refractivity contribution in [3.05, 3.63) is 35.9 Å². The monoisotopic (exact) mass is 630 g/mol. The Bertz CT molecular complexity index is 1210. The zero-order valence-corrected chi connectivity index (χ0v) is 25.3. The van der Waals surface area contributed by atoms with Crippen LogP contribution in [0.4, 0.5) is 9.59 Å². The number of piperidine rings is 2. The smallest absolute Gasteiger partial charge is 0.345 e. The van der Waals surface area contributed by atoms with Crippen LogP contribution in [0.1, 0.15) is 31.2 Å². The van der Waals surface area contributed by atoms with E-state index in [0.717, 1.165) is 17.0 Å². The summed E-state index contributed by atoms with van der Waals surface area (Å²) < 4.78 is 10.5. The molecule has 4 atom stereocenters. The number of hydroxylamine groups is 4. The first-order valence-corrected chi connectivity index (χ1v) is 15.7. The molecule has 6 fully saturated rings. The second-order valence-electron chi connectivity index (χ2n) is 11.9. The van der Waals surface area contributed by atoms with Gasteiger partial charge in [-0.2, -0.15) is 5.06 Å². The van der Waals surface area contributed by atoms with Crippen LogP contribution in [0.5, 0.6) is 0 Å². The molecule has 6 aliphatic rings. The second-order valence-corrected chi connectivity index (χ2v) is 11.9. The quantitative estimate of drug-likeness (QED) is 0.343. The summed E-state index contributed by atoms with van der Waals surface area (Å²) >= 11 is 0. The molecule has 0 saturated carbocycles. The molecule has 16 nitrogen and oxygen atoms in total. The van der Waals surface area contributed by atoms with Crippen LogP contribution in [0.3, 0.4) is 0 Å². The van der Waals surface area contributed by atoms with Crippen molar-refractivity contribution in [2.24, 2.45) is 0 Å². The SMILES string of the molecule is O=C(NN1CCOCC1)[C@@H]1CC[C@@H]2CN1C(=O)N2O.O=C(NN1CCOCC1)[C@@H]1CC[C@@H]2CN1C(=O)N2OCc1ccccc1. The molecule has 7 rings (SSSR count). The third-order valence-electron chi connectivity index (χ3n) is 9.04. The Labute approximate surface area is 261 Å². The number of ether oxygens (including phenoxy) is 2. The van der Waals surface area contributed by atoms with Crippen LogP contribution in [-0.2, 0) is 30.5 Å². The number of nitrogens with one attached hydrogen (secondary N) is 2. The van der Waals surface area contributed by atoms with Crippen LogP contribution < -0.4 is 10.9 Å². The van der Waals surface area contributed by atoms with Gasteiger partial charge in [-0.05, 0) is 31.2 Å². The summed E-state index contributed by atoms with van der Waals surface area (Å²) in [7, 11) is 0. The van der Waals surface area contributed by atoms with Crippen molar-refractivity contribution >= 4 is 23.9 Å². The van der Waals surface area contributed by atoms with Crippen LogP contribution in [0.2, 0.25) is 0 Å². The van der Waals surface area contributed by atoms with E-state index in [9.17, 15) is 24.4 Å². The number of rotatable bonds is 7. The van der Waals surface area contributed by atoms with E-state index < -0.39 is 18.1 Å². The van der Waals surface area contributed by atoms with Crippen molar-refractivity contribution in [2.45, 2.75) is 56.5 Å². The van der Waals surface area contributed by atoms with Crippen LogP contribution in [0.15, 0.2) is 30.3 Å². The van der Waals surface area contributed by atoms with Crippen molar-refractivity contribution < 1.29 is 38.7 Å². The highest BCUT2D eigenvalue weighted by atomic mass is 16.7. The Morgan fingerprint density at radius 2 is 1.27 bits per heavy atom. The van der Waals surface area contributed by atoms with Gasteiger partial charge in [0, 0.05) is 39.3 Å². The minimum Gasteiger partial charge on any atom is -0.379 e. The predicted octanol–water partition coefficient (Wildman–Crippen LogP) is -0.242. The summed E-state index contributed by atoms with van der Waals surface area (Å²) in [6.45, 7) is 6.37. The number of amides is 6. The van der Waals surface area contributed by atoms with Gasteiger partial charge in [0.15, 0.2) is 0 Å². The maximum absolute atomic E-state index is 12.7. The molecule has 3 N–H and O–H groups in total. The molecule has 0 spiro atoms. The third kappa shape index (κ3) is 7.15. The summed E-state index contributed by atoms with van der Waals surface area (Å²) in [5.74, 6) is -0.299. The number of carbonyl (C=O) groups excluding carboxylic acids is 4. The van der Waals surface area contributed by atoms with Gasteiger partial charge in [-0.3, -0.25) is 30.5 Å². The fourth-order valence-electron chi connectivity index (χ4n) is 6.52. The number of benzene rings is 1. The van der Waals surface area contributed by atoms with E-state index in [2.05, 4.69) is 10.9 Å². The molecular formula is C29H42N8O8. The average molecular weight is 631 g/mol. The average Bonchev–Trinajstić information content (AvgIpc) is 3.44. The van der Waals surface area contributed by atoms with Gasteiger partial charge >= 0.3 is 12.1 Å². The molecule has 1 aromatic carbocycles. The molecular weight excluding hydrogens is 588 g/mol. The van der Waals surface area contributed by atoms with Crippen molar-refractivity contribution in [1.29, 1.82) is 0 Å². The predicted molar refractivity (Wildman–Crippen MR) is 156 cm³/mol. The topological polar surface area (TPSA) is 160 Å². The molecule has 6 saturated heterocycles. The first-order valence-electron chi connectivity index (χ1n) is 15.7. The van der Waals surface area contributed by atoms with Crippen LogP contribution in [0, 0.1) is 0 Å². The first-order chi connectivity index (χ1) is 21.9. The summed E-state index contributed by atoms with van der Waals surface area (Å²) in [6, 6.07) is 8.00. The van der Waals surface area contributed by atoms with Gasteiger partial charge < -0.3 is 19.3 Å². The van der Waals surface area contributed by atoms with E-state index in [4.69, 9.17) is 14.3 Å². The third-order valence-corrected chi connectivity index (χ3v) is 9.04. The normalized spacial score (nSPS) is 28.6.